The molecule has 1 aliphatic rings. The lowest BCUT2D eigenvalue weighted by molar-refractivity contribution is 0.178. The number of amides is 1. The summed E-state index contributed by atoms with van der Waals surface area (Å²) >= 11 is 0. The van der Waals surface area contributed by atoms with Gasteiger partial charge in [-0.3, -0.25) is 0 Å². The van der Waals surface area contributed by atoms with Gasteiger partial charge in [-0.15, -0.1) is 0 Å². The van der Waals surface area contributed by atoms with E-state index in [4.69, 9.17) is 14.3 Å². The van der Waals surface area contributed by atoms with E-state index in [0.717, 1.165) is 17.5 Å². The fraction of sp³-hybridized carbons (Fsp3) is 0.650. The molecule has 0 radical (unpaired) electrons. The molecule has 1 aromatic rings. The van der Waals surface area contributed by atoms with Crippen molar-refractivity contribution in [3.05, 3.63) is 29.1 Å². The van der Waals surface area contributed by atoms with Gasteiger partial charge in [0.25, 0.3) is 0 Å². The number of ether oxygens (including phenoxy) is 1. The first-order valence-electron chi connectivity index (χ1n) is 9.48. The molecule has 0 aromatic heterocycles. The van der Waals surface area contributed by atoms with Crippen LogP contribution in [0.25, 0.3) is 0 Å². The highest BCUT2D eigenvalue weighted by atomic mass is 28.4. The van der Waals surface area contributed by atoms with Crippen LogP contribution in [-0.4, -0.2) is 38.8 Å². The molecular weight excluding hydrogens is 365 g/mol. The van der Waals surface area contributed by atoms with Crippen molar-refractivity contribution in [3.8, 4) is 5.75 Å². The first-order chi connectivity index (χ1) is 12.4. The van der Waals surface area contributed by atoms with Gasteiger partial charge >= 0.3 is 6.09 Å². The van der Waals surface area contributed by atoms with Gasteiger partial charge in [0.05, 0.1) is 6.54 Å². The highest BCUT2D eigenvalue weighted by molar-refractivity contribution is 6.74. The summed E-state index contributed by atoms with van der Waals surface area (Å²) in [6.07, 6.45) is -0.0146. The van der Waals surface area contributed by atoms with Crippen LogP contribution in [0.5, 0.6) is 5.75 Å². The van der Waals surface area contributed by atoms with Crippen molar-refractivity contribution in [1.82, 2.24) is 5.32 Å². The topological polar surface area (TPSA) is 67.8 Å². The molecule has 1 aromatic carbocycles. The Morgan fingerprint density at radius 1 is 1.37 bits per heavy atom. The Labute approximate surface area is 162 Å². The number of nitrogens with one attached hydrogen (secondary N) is 1. The lowest BCUT2D eigenvalue weighted by atomic mass is 10.1. The van der Waals surface area contributed by atoms with Crippen LogP contribution in [-0.2, 0) is 17.3 Å². The average Bonchev–Trinajstić information content (AvgIpc) is 2.93. The number of halogens is 1. The zero-order valence-corrected chi connectivity index (χ0v) is 18.2. The molecule has 0 heterocycles. The molecule has 0 saturated heterocycles. The Morgan fingerprint density at radius 2 is 2.04 bits per heavy atom. The van der Waals surface area contributed by atoms with E-state index in [2.05, 4.69) is 39.2 Å². The van der Waals surface area contributed by atoms with E-state index in [1.807, 2.05) is 6.07 Å². The molecule has 0 bridgehead atoms. The quantitative estimate of drug-likeness (QED) is 0.660. The van der Waals surface area contributed by atoms with Crippen LogP contribution < -0.4 is 10.1 Å². The molecule has 2 rings (SSSR count). The fourth-order valence-corrected chi connectivity index (χ4v) is 4.07. The summed E-state index contributed by atoms with van der Waals surface area (Å²) in [5.41, 5.74) is 1.72. The minimum Gasteiger partial charge on any atom is -0.489 e. The van der Waals surface area contributed by atoms with E-state index in [1.54, 1.807) is 6.92 Å². The predicted octanol–water partition coefficient (Wildman–Crippen LogP) is 4.60. The van der Waals surface area contributed by atoms with E-state index in [-0.39, 0.29) is 29.4 Å². The van der Waals surface area contributed by atoms with E-state index < -0.39 is 14.4 Å². The molecule has 5 nitrogen and oxygen atoms in total. The normalized spacial score (nSPS) is 18.1. The smallest absolute Gasteiger partial charge is 0.404 e. The van der Waals surface area contributed by atoms with E-state index in [0.29, 0.717) is 18.8 Å². The van der Waals surface area contributed by atoms with Crippen LogP contribution in [0.2, 0.25) is 18.1 Å². The van der Waals surface area contributed by atoms with Gasteiger partial charge in [0.2, 0.25) is 0 Å². The standard InChI is InChI=1S/C20H32FNO4Si/c1-13(11-22-19(23)24)26-16-9-15-7-14(8-17(15)18(21)10-16)12-25-27(5,6)20(2,3)4/h9-10,13-14,22H,7-8,11-12H2,1-6H3,(H,23,24). The molecule has 7 heteroatoms. The van der Waals surface area contributed by atoms with E-state index >= 15 is 0 Å². The van der Waals surface area contributed by atoms with Crippen LogP contribution >= 0.6 is 0 Å². The molecule has 152 valence electrons. The Bertz CT molecular complexity index is 687. The largest absolute Gasteiger partial charge is 0.489 e. The second kappa shape index (κ2) is 8.18. The Kier molecular flexibility index (Phi) is 6.58. The second-order valence-corrected chi connectivity index (χ2v) is 13.8. The van der Waals surface area contributed by atoms with Crippen molar-refractivity contribution < 1.29 is 23.5 Å². The molecule has 27 heavy (non-hydrogen) atoms. The van der Waals surface area contributed by atoms with Crippen LogP contribution in [0.1, 0.15) is 38.8 Å². The molecular formula is C20H32FNO4Si. The van der Waals surface area contributed by atoms with Crippen molar-refractivity contribution in [2.24, 2.45) is 5.92 Å². The van der Waals surface area contributed by atoms with E-state index in [9.17, 15) is 9.18 Å². The van der Waals surface area contributed by atoms with Crippen molar-refractivity contribution in [1.29, 1.82) is 0 Å². The summed E-state index contributed by atoms with van der Waals surface area (Å²) in [7, 11) is -1.81. The summed E-state index contributed by atoms with van der Waals surface area (Å²) in [5, 5.41) is 11.1. The number of hydrogen-bond donors (Lipinski definition) is 2. The summed E-state index contributed by atoms with van der Waals surface area (Å²) in [5.74, 6) is 0.470. The van der Waals surface area contributed by atoms with Gasteiger partial charge in [0.1, 0.15) is 17.7 Å². The first-order valence-corrected chi connectivity index (χ1v) is 12.4. The Balaban J connectivity index is 1.98. The zero-order chi connectivity index (χ0) is 20.4. The van der Waals surface area contributed by atoms with Crippen molar-refractivity contribution in [2.45, 2.75) is 64.8 Å². The van der Waals surface area contributed by atoms with Gasteiger partial charge in [0.15, 0.2) is 8.32 Å². The molecule has 2 atom stereocenters. The molecule has 0 fully saturated rings. The summed E-state index contributed by atoms with van der Waals surface area (Å²) < 4.78 is 26.5. The van der Waals surface area contributed by atoms with Crippen LogP contribution in [0.3, 0.4) is 0 Å². The molecule has 1 aliphatic carbocycles. The molecule has 2 N–H and O–H groups in total. The van der Waals surface area contributed by atoms with Gasteiger partial charge in [-0.25, -0.2) is 9.18 Å². The monoisotopic (exact) mass is 397 g/mol. The maximum absolute atomic E-state index is 14.5. The second-order valence-electron chi connectivity index (χ2n) is 9.00. The lowest BCUT2D eigenvalue weighted by Gasteiger charge is -2.37. The van der Waals surface area contributed by atoms with Gasteiger partial charge in [-0.05, 0) is 61.0 Å². The lowest BCUT2D eigenvalue weighted by Crippen LogP contribution is -2.42. The number of hydrogen-bond acceptors (Lipinski definition) is 3. The molecule has 2 unspecified atom stereocenters. The van der Waals surface area contributed by atoms with Gasteiger partial charge in [-0.2, -0.15) is 0 Å². The average molecular weight is 398 g/mol. The van der Waals surface area contributed by atoms with Gasteiger partial charge in [0, 0.05) is 12.7 Å². The van der Waals surface area contributed by atoms with Crippen LogP contribution in [0.15, 0.2) is 12.1 Å². The molecule has 1 amide bonds. The SMILES string of the molecule is CC(CNC(=O)O)Oc1cc(F)c2c(c1)CC(CO[Si](C)(C)C(C)(C)C)C2. The Hall–Kier alpha value is -1.60. The predicted molar refractivity (Wildman–Crippen MR) is 107 cm³/mol. The highest BCUT2D eigenvalue weighted by Gasteiger charge is 2.38. The first kappa shape index (κ1) is 21.7. The molecule has 0 aliphatic heterocycles. The van der Waals surface area contributed by atoms with Gasteiger partial charge < -0.3 is 19.6 Å². The van der Waals surface area contributed by atoms with Gasteiger partial charge in [-0.1, -0.05) is 20.8 Å². The fourth-order valence-electron chi connectivity index (χ4n) is 2.98. The molecule has 0 spiro atoms. The summed E-state index contributed by atoms with van der Waals surface area (Å²) in [6, 6.07) is 3.27. The number of rotatable bonds is 7. The Morgan fingerprint density at radius 3 is 2.63 bits per heavy atom. The number of carbonyl (C=O) groups is 1. The maximum atomic E-state index is 14.5. The van der Waals surface area contributed by atoms with Crippen LogP contribution in [0.4, 0.5) is 9.18 Å². The van der Waals surface area contributed by atoms with E-state index in [1.165, 1.54) is 6.07 Å². The molecule has 0 saturated carbocycles. The third kappa shape index (κ3) is 5.69. The third-order valence-electron chi connectivity index (χ3n) is 5.63. The maximum Gasteiger partial charge on any atom is 0.404 e. The summed E-state index contributed by atoms with van der Waals surface area (Å²) in [6.45, 7) is 13.7. The van der Waals surface area contributed by atoms with Crippen LogP contribution in [0, 0.1) is 11.7 Å². The summed E-state index contributed by atoms with van der Waals surface area (Å²) in [4.78, 5) is 10.6. The highest BCUT2D eigenvalue weighted by Crippen LogP contribution is 2.38. The minimum atomic E-state index is -1.81. The van der Waals surface area contributed by atoms with Crippen molar-refractivity contribution in [2.75, 3.05) is 13.2 Å². The third-order valence-corrected chi connectivity index (χ3v) is 10.1. The number of fused-ring (bicyclic) bond motifs is 1. The minimum absolute atomic E-state index is 0.150. The zero-order valence-electron chi connectivity index (χ0n) is 17.2. The number of carboxylic acid groups (broad SMARTS) is 1. The number of benzene rings is 1. The van der Waals surface area contributed by atoms with Crippen molar-refractivity contribution >= 4 is 14.4 Å². The van der Waals surface area contributed by atoms with Crippen molar-refractivity contribution in [3.63, 3.8) is 0 Å².